The van der Waals surface area contributed by atoms with Crippen molar-refractivity contribution in [2.75, 3.05) is 9.80 Å². The van der Waals surface area contributed by atoms with Crippen molar-refractivity contribution in [2.45, 2.75) is 107 Å². The van der Waals surface area contributed by atoms with Gasteiger partial charge in [-0.25, -0.2) is 0 Å². The fourth-order valence-electron chi connectivity index (χ4n) is 9.85. The summed E-state index contributed by atoms with van der Waals surface area (Å²) in [5.41, 5.74) is 28.4. The molecule has 0 heterocycles. The summed E-state index contributed by atoms with van der Waals surface area (Å²) in [5, 5.41) is 0. The van der Waals surface area contributed by atoms with E-state index in [4.69, 9.17) is 0 Å². The van der Waals surface area contributed by atoms with E-state index in [1.807, 2.05) is 19.1 Å². The molecule has 0 fully saturated rings. The predicted octanol–water partition coefficient (Wildman–Crippen LogP) is 18.2. The Morgan fingerprint density at radius 2 is 0.614 bits per heavy atom. The van der Waals surface area contributed by atoms with Crippen molar-refractivity contribution in [2.24, 2.45) is 0 Å². The van der Waals surface area contributed by atoms with Crippen molar-refractivity contribution < 1.29 is 83.3 Å². The molecule has 70 heavy (non-hydrogen) atoms. The van der Waals surface area contributed by atoms with Gasteiger partial charge in [0, 0.05) is 117 Å². The number of anilines is 6. The number of hydrogen-bond acceptors (Lipinski definition) is 2. The molecular weight excluding hydrogens is 1470 g/mol. The molecule has 0 unspecified atom stereocenters. The number of nitrogens with zero attached hydrogens (tertiary/aromatic N) is 2. The minimum Gasteiger partial charge on any atom is -0.344 e. The molecule has 0 aliphatic heterocycles. The van der Waals surface area contributed by atoms with Gasteiger partial charge in [-0.2, -0.15) is 55.0 Å². The smallest absolute Gasteiger partial charge is 0.0464 e. The van der Waals surface area contributed by atoms with Crippen LogP contribution in [0.15, 0.2) is 146 Å². The van der Waals surface area contributed by atoms with Crippen molar-refractivity contribution in [1.82, 2.24) is 0 Å². The maximum atomic E-state index is 3.49. The van der Waals surface area contributed by atoms with E-state index in [0.29, 0.717) is 0 Å². The molecule has 0 atom stereocenters. The molecule has 0 spiro atoms. The van der Waals surface area contributed by atoms with Crippen molar-refractivity contribution in [3.63, 3.8) is 0 Å². The molecule has 2 nitrogen and oxygen atoms in total. The fraction of sp³-hybridized carbons (Fsp3) is 0.246. The molecule has 0 amide bonds. The summed E-state index contributed by atoms with van der Waals surface area (Å²) in [7, 11) is 0. The van der Waals surface area contributed by atoms with Gasteiger partial charge in [0.2, 0.25) is 0 Å². The van der Waals surface area contributed by atoms with Gasteiger partial charge in [-0.1, -0.05) is 71.0 Å². The minimum atomic E-state index is -0.0451. The summed E-state index contributed by atoms with van der Waals surface area (Å²) < 4.78 is 0. The van der Waals surface area contributed by atoms with E-state index in [-0.39, 0.29) is 94.1 Å². The van der Waals surface area contributed by atoms with Gasteiger partial charge in [0.15, 0.2) is 0 Å². The molecule has 8 aromatic rings. The van der Waals surface area contributed by atoms with Crippen molar-refractivity contribution in [1.29, 1.82) is 0 Å². The van der Waals surface area contributed by atoms with Crippen LogP contribution in [0.2, 0.25) is 0 Å². The third-order valence-electron chi connectivity index (χ3n) is 14.5. The molecule has 0 saturated carbocycles. The van der Waals surface area contributed by atoms with Gasteiger partial charge in [0.05, 0.1) is 0 Å². The van der Waals surface area contributed by atoms with Gasteiger partial charge in [-0.05, 0) is 206 Å². The van der Waals surface area contributed by atoms with Crippen LogP contribution in [-0.4, -0.2) is 0 Å². The second-order valence-electron chi connectivity index (χ2n) is 19.9. The van der Waals surface area contributed by atoms with Crippen LogP contribution in [0.4, 0.5) is 34.1 Å². The third-order valence-corrected chi connectivity index (χ3v) is 14.5. The Bertz CT molecular complexity index is 2830. The van der Waals surface area contributed by atoms with E-state index >= 15 is 0 Å². The third kappa shape index (κ3) is 11.1. The average molecular weight is 1540 g/mol. The standard InChI is InChI=1S/2C31H30N.C3H7.2U.W/c2*1-20-11-13-24(17-22(20)3)32(25-14-12-21(2)23(4)18-25)26-15-16-28-27-9-7-8-10-29(27)31(5,6)30(28)19-26;1-3-2;;;/h2*7,9-19H,1-6H3;1,3H2,2H3;;;/q3*-1;;;. The minimum absolute atomic E-state index is 0. The van der Waals surface area contributed by atoms with Gasteiger partial charge in [0.25, 0.3) is 0 Å². The first-order chi connectivity index (χ1) is 32.0. The van der Waals surface area contributed by atoms with Crippen LogP contribution in [0, 0.1) is 137 Å². The molecule has 2 aliphatic rings. The molecule has 354 valence electrons. The first-order valence-corrected chi connectivity index (χ1v) is 24.0. The van der Waals surface area contributed by atoms with Crippen molar-refractivity contribution in [3.8, 4) is 22.3 Å². The van der Waals surface area contributed by atoms with Crippen LogP contribution in [0.3, 0.4) is 0 Å². The Labute approximate surface area is 483 Å². The normalized spacial score (nSPS) is 12.7. The Balaban J connectivity index is 0.000000237. The monoisotopic (exact) mass is 1540 g/mol. The SMILES string of the molecule is Cc1ccc(N(c2ccc(C)c(C)c2)c2ccc3c(c2)C(C)(C)c2c[c-]ccc2-3)cc1C.Cc1ccc(N(c2ccc(C)c(C)c2)c2ccc3c(c2)C(C)(C)c2c[c-]ccc2-3)cc1C.[CH2-]CC.[U].[U].[W]. The Hall–Kier alpha value is -3.85. The van der Waals surface area contributed by atoms with E-state index in [2.05, 4.69) is 245 Å². The second-order valence-corrected chi connectivity index (χ2v) is 19.9. The molecule has 0 aromatic heterocycles. The molecule has 0 bridgehead atoms. The molecule has 0 N–H and O–H groups in total. The second kappa shape index (κ2) is 23.4. The summed E-state index contributed by atoms with van der Waals surface area (Å²) in [5.74, 6) is 0. The average Bonchev–Trinajstić information content (AvgIpc) is 3.68. The summed E-state index contributed by atoms with van der Waals surface area (Å²) >= 11 is 0. The van der Waals surface area contributed by atoms with Crippen LogP contribution in [0.25, 0.3) is 22.3 Å². The van der Waals surface area contributed by atoms with Gasteiger partial charge in [0.1, 0.15) is 0 Å². The zero-order valence-electron chi connectivity index (χ0n) is 43.6. The van der Waals surface area contributed by atoms with Gasteiger partial charge in [-0.3, -0.25) is 0 Å². The molecule has 2 aliphatic carbocycles. The van der Waals surface area contributed by atoms with E-state index in [9.17, 15) is 0 Å². The Morgan fingerprint density at radius 3 is 0.886 bits per heavy atom. The van der Waals surface area contributed by atoms with Gasteiger partial charge < -0.3 is 16.7 Å². The van der Waals surface area contributed by atoms with Crippen molar-refractivity contribution >= 4 is 34.1 Å². The van der Waals surface area contributed by atoms with Crippen molar-refractivity contribution in [3.05, 3.63) is 231 Å². The number of hydrogen-bond donors (Lipinski definition) is 0. The number of rotatable bonds is 6. The van der Waals surface area contributed by atoms with Gasteiger partial charge >= 0.3 is 0 Å². The number of benzene rings is 8. The van der Waals surface area contributed by atoms with E-state index < -0.39 is 0 Å². The summed E-state index contributed by atoms with van der Waals surface area (Å²) in [6, 6.07) is 60.3. The Morgan fingerprint density at radius 1 is 0.371 bits per heavy atom. The maximum absolute atomic E-state index is 3.49. The fourth-order valence-corrected chi connectivity index (χ4v) is 9.85. The first kappa shape index (κ1) is 57.1. The van der Waals surface area contributed by atoms with E-state index in [1.54, 1.807) is 0 Å². The molecule has 8 aromatic carbocycles. The quantitative estimate of drug-likeness (QED) is 0.153. The molecule has 10 rings (SSSR count). The topological polar surface area (TPSA) is 6.48 Å². The number of fused-ring (bicyclic) bond motifs is 6. The molecule has 0 saturated heterocycles. The summed E-state index contributed by atoms with van der Waals surface area (Å²) in [6.45, 7) is 32.3. The predicted molar refractivity (Wildman–Crippen MR) is 289 cm³/mol. The van der Waals surface area contributed by atoms with Crippen LogP contribution in [-0.2, 0) is 31.9 Å². The summed E-state index contributed by atoms with van der Waals surface area (Å²) in [6.07, 6.45) is 1.00. The molecule has 5 heteroatoms. The zero-order valence-corrected chi connectivity index (χ0v) is 54.8. The van der Waals surface area contributed by atoms with Crippen LogP contribution in [0.5, 0.6) is 0 Å². The molecular formula is C65H67N2U2W-3. The Kier molecular flexibility index (Phi) is 19.0. The largest absolute Gasteiger partial charge is 0.344 e. The first-order valence-electron chi connectivity index (χ1n) is 24.0. The van der Waals surface area contributed by atoms with Crippen LogP contribution in [0.1, 0.15) is 108 Å². The van der Waals surface area contributed by atoms with Crippen LogP contribution >= 0.6 is 0 Å². The molecule has 0 radical (unpaired) electrons. The van der Waals surface area contributed by atoms with E-state index in [0.717, 1.165) is 6.42 Å². The zero-order chi connectivity index (χ0) is 47.9. The van der Waals surface area contributed by atoms with Crippen LogP contribution < -0.4 is 9.80 Å². The number of aryl methyl sites for hydroxylation is 8. The maximum Gasteiger partial charge on any atom is 0.0464 e. The summed E-state index contributed by atoms with van der Waals surface area (Å²) in [4.78, 5) is 4.79. The van der Waals surface area contributed by atoms with E-state index in [1.165, 1.54) is 123 Å². The van der Waals surface area contributed by atoms with Gasteiger partial charge in [-0.15, -0.1) is 22.3 Å².